The smallest absolute Gasteiger partial charge is 0.246 e. The Balaban J connectivity index is 0.980. The molecular formula is C69H81N13O13. The highest BCUT2D eigenvalue weighted by Gasteiger charge is 2.40. The van der Waals surface area contributed by atoms with Crippen molar-refractivity contribution in [3.63, 3.8) is 0 Å². The molecule has 2 aliphatic heterocycles. The fourth-order valence-corrected chi connectivity index (χ4v) is 11.9. The van der Waals surface area contributed by atoms with Crippen molar-refractivity contribution in [1.82, 2.24) is 67.7 Å². The Morgan fingerprint density at radius 1 is 0.579 bits per heavy atom. The standard InChI is InChI=1S/C69H81N13O13/c1-4-71-68(94)59-14-9-27-82(59)69(95)57(31-41-18-23-48(85)24-19-41)80-62(88)52(28-39(2)3)75-64(90)54(32-42-15-20-43-10-5-6-11-44(43)29-42)76-63(89)53(30-40-16-21-47(84)22-17-40)77-67(93)58(37-83)81-65(91)55(33-45-35-72-50-13-8-7-12-49(45)50)78-66(92)56(34-46-36-70-38-73-46)79-61(87)51-25-26-60(86)74-51/h5-8,10-13,15-24,29,35-36,38-39,51-59,72,83-85H,4,9,14,25-28,30-34,37H2,1-3H3,(H,70,73)(H,71,94)(H,74,86)(H,75,90)(H,76,89)(H,77,93)(H,78,92)(H,79,87)(H,80,88)(H,81,91)/t51-,52-,53-,54+,55-,56-,57-,58-,59-/m0/s1. The summed E-state index contributed by atoms with van der Waals surface area (Å²) in [6.07, 6.45) is 5.09. The van der Waals surface area contributed by atoms with Crippen LogP contribution >= 0.6 is 0 Å². The van der Waals surface area contributed by atoms with Gasteiger partial charge in [-0.1, -0.05) is 98.8 Å². The number of aliphatic hydroxyl groups excluding tert-OH is 1. The molecule has 2 fully saturated rings. The Bertz CT molecular complexity index is 3880. The number of phenolic OH excluding ortho intramolecular Hbond substituents is 2. The summed E-state index contributed by atoms with van der Waals surface area (Å²) in [5.41, 5.74) is 3.27. The lowest BCUT2D eigenvalue weighted by Crippen LogP contribution is -2.61. The molecule has 0 saturated carbocycles. The maximum absolute atomic E-state index is 15.1. The zero-order valence-corrected chi connectivity index (χ0v) is 53.0. The molecule has 5 aromatic carbocycles. The van der Waals surface area contributed by atoms with Crippen molar-refractivity contribution in [3.8, 4) is 11.5 Å². The largest absolute Gasteiger partial charge is 0.508 e. The molecule has 9 atom stereocenters. The lowest BCUT2D eigenvalue weighted by atomic mass is 9.98. The normalized spacial score (nSPS) is 16.7. The molecule has 0 unspecified atom stereocenters. The van der Waals surface area contributed by atoms with Gasteiger partial charge in [-0.15, -0.1) is 0 Å². The number of phenols is 2. The second-order valence-corrected chi connectivity index (χ2v) is 24.4. The third-order valence-corrected chi connectivity index (χ3v) is 16.9. The molecule has 4 heterocycles. The number of likely N-dealkylation sites (N-methyl/N-ethyl adjacent to an activating group) is 1. The second kappa shape index (κ2) is 32.3. The van der Waals surface area contributed by atoms with Gasteiger partial charge in [-0.2, -0.15) is 0 Å². The fraction of sp³-hybridized carbons (Fsp3) is 0.377. The van der Waals surface area contributed by atoms with Crippen LogP contribution in [0.4, 0.5) is 0 Å². The highest BCUT2D eigenvalue weighted by molar-refractivity contribution is 6.00. The monoisotopic (exact) mass is 1300 g/mol. The first kappa shape index (κ1) is 68.7. The summed E-state index contributed by atoms with van der Waals surface area (Å²) in [7, 11) is 0. The van der Waals surface area contributed by atoms with Crippen LogP contribution in [-0.2, 0) is 80.0 Å². The Hall–Kier alpha value is -10.6. The van der Waals surface area contributed by atoms with Gasteiger partial charge in [0.1, 0.15) is 65.9 Å². The zero-order valence-electron chi connectivity index (χ0n) is 53.0. The molecule has 26 heteroatoms. The van der Waals surface area contributed by atoms with Crippen molar-refractivity contribution >= 4 is 80.7 Å². The number of fused-ring (bicyclic) bond motifs is 2. The van der Waals surface area contributed by atoms with E-state index < -0.39 is 108 Å². The predicted octanol–water partition coefficient (Wildman–Crippen LogP) is 1.81. The van der Waals surface area contributed by atoms with E-state index in [1.165, 1.54) is 53.8 Å². The molecule has 95 heavy (non-hydrogen) atoms. The molecule has 9 rings (SSSR count). The number of nitrogens with one attached hydrogen (secondary N) is 11. The Morgan fingerprint density at radius 3 is 1.72 bits per heavy atom. The lowest BCUT2D eigenvalue weighted by molar-refractivity contribution is -0.142. The molecule has 2 aromatic heterocycles. The van der Waals surface area contributed by atoms with Gasteiger partial charge >= 0.3 is 0 Å². The third-order valence-electron chi connectivity index (χ3n) is 16.9. The average molecular weight is 1300 g/mol. The molecule has 0 spiro atoms. The molecular weight excluding hydrogens is 1220 g/mol. The fourth-order valence-electron chi connectivity index (χ4n) is 11.9. The quantitative estimate of drug-likeness (QED) is 0.0306. The number of nitrogens with zero attached hydrogens (tertiary/aromatic N) is 2. The van der Waals surface area contributed by atoms with E-state index in [4.69, 9.17) is 0 Å². The number of aromatic amines is 2. The zero-order chi connectivity index (χ0) is 67.7. The van der Waals surface area contributed by atoms with E-state index in [9.17, 15) is 53.7 Å². The summed E-state index contributed by atoms with van der Waals surface area (Å²) < 4.78 is 0. The number of para-hydroxylation sites is 1. The first-order valence-corrected chi connectivity index (χ1v) is 31.9. The first-order valence-electron chi connectivity index (χ1n) is 31.9. The number of H-pyrrole nitrogens is 2. The van der Waals surface area contributed by atoms with Gasteiger partial charge in [0.2, 0.25) is 59.1 Å². The van der Waals surface area contributed by atoms with Gasteiger partial charge in [0.05, 0.1) is 18.6 Å². The van der Waals surface area contributed by atoms with Crippen LogP contribution in [0.15, 0.2) is 134 Å². The maximum atomic E-state index is 15.1. The van der Waals surface area contributed by atoms with Crippen molar-refractivity contribution < 1.29 is 63.3 Å². The lowest BCUT2D eigenvalue weighted by Gasteiger charge is -2.31. The van der Waals surface area contributed by atoms with E-state index >= 15 is 9.59 Å². The molecule has 0 radical (unpaired) electrons. The number of carbonyl (C=O) groups is 10. The van der Waals surface area contributed by atoms with Gasteiger partial charge in [0, 0.05) is 74.9 Å². The number of aromatic hydroxyl groups is 2. The average Bonchev–Trinajstić information content (AvgIpc) is 1.84. The summed E-state index contributed by atoms with van der Waals surface area (Å²) in [6.45, 7) is 5.01. The van der Waals surface area contributed by atoms with Gasteiger partial charge < -0.3 is 78.0 Å². The minimum Gasteiger partial charge on any atom is -0.508 e. The van der Waals surface area contributed by atoms with Crippen molar-refractivity contribution in [3.05, 3.63) is 162 Å². The number of aliphatic hydroxyl groups is 1. The number of aromatic nitrogens is 3. The Morgan fingerprint density at radius 2 is 1.12 bits per heavy atom. The summed E-state index contributed by atoms with van der Waals surface area (Å²) in [4.78, 5) is 154. The van der Waals surface area contributed by atoms with Crippen molar-refractivity contribution in [1.29, 1.82) is 0 Å². The van der Waals surface area contributed by atoms with Crippen LogP contribution in [0.5, 0.6) is 11.5 Å². The van der Waals surface area contributed by atoms with Gasteiger partial charge in [-0.3, -0.25) is 47.9 Å². The van der Waals surface area contributed by atoms with Crippen LogP contribution in [0.2, 0.25) is 0 Å². The van der Waals surface area contributed by atoms with Crippen LogP contribution in [0.25, 0.3) is 21.7 Å². The molecule has 0 bridgehead atoms. The van der Waals surface area contributed by atoms with Gasteiger partial charge in [-0.05, 0) is 102 Å². The number of rotatable bonds is 30. The summed E-state index contributed by atoms with van der Waals surface area (Å²) in [6, 6.07) is 20.2. The molecule has 500 valence electrons. The molecule has 2 aliphatic rings. The highest BCUT2D eigenvalue weighted by Crippen LogP contribution is 2.24. The number of amides is 10. The SMILES string of the molecule is CCNC(=O)[C@@H]1CCCN1C(=O)[C@H](Cc1ccc(O)cc1)NC(=O)[C@H](CC(C)C)NC(=O)[C@@H](Cc1ccc2ccccc2c1)NC(=O)[C@H](Cc1ccc(O)cc1)NC(=O)[C@H](CO)NC(=O)[C@H](Cc1c[nH]c2ccccc12)NC(=O)[C@H](Cc1c[nH]cn1)NC(=O)[C@@H]1CCC(=O)N1. The number of likely N-dealkylation sites (tertiary alicyclic amines) is 1. The Kier molecular flexibility index (Phi) is 23.4. The van der Waals surface area contributed by atoms with E-state index in [1.54, 1.807) is 49.5 Å². The molecule has 7 aromatic rings. The van der Waals surface area contributed by atoms with Crippen LogP contribution in [0.1, 0.15) is 80.8 Å². The van der Waals surface area contributed by atoms with E-state index in [0.29, 0.717) is 58.2 Å². The minimum atomic E-state index is -1.79. The highest BCUT2D eigenvalue weighted by atomic mass is 16.3. The molecule has 10 amide bonds. The summed E-state index contributed by atoms with van der Waals surface area (Å²) >= 11 is 0. The van der Waals surface area contributed by atoms with E-state index in [-0.39, 0.29) is 87.1 Å². The van der Waals surface area contributed by atoms with E-state index in [0.717, 1.165) is 10.8 Å². The van der Waals surface area contributed by atoms with Gasteiger partial charge in [0.15, 0.2) is 0 Å². The second-order valence-electron chi connectivity index (χ2n) is 24.4. The molecule has 26 nitrogen and oxygen atoms in total. The predicted molar refractivity (Wildman–Crippen MR) is 350 cm³/mol. The first-order chi connectivity index (χ1) is 45.7. The third kappa shape index (κ3) is 18.6. The number of benzene rings is 5. The maximum Gasteiger partial charge on any atom is 0.246 e. The molecule has 14 N–H and O–H groups in total. The number of imidazole rings is 1. The van der Waals surface area contributed by atoms with Gasteiger partial charge in [-0.25, -0.2) is 4.98 Å². The van der Waals surface area contributed by atoms with Gasteiger partial charge in [0.25, 0.3) is 0 Å². The van der Waals surface area contributed by atoms with Crippen LogP contribution in [0.3, 0.4) is 0 Å². The Labute approximate surface area is 547 Å². The van der Waals surface area contributed by atoms with Crippen LogP contribution in [0, 0.1) is 5.92 Å². The number of hydrogen-bond donors (Lipinski definition) is 14. The van der Waals surface area contributed by atoms with Crippen molar-refractivity contribution in [2.45, 2.75) is 139 Å². The topological polar surface area (TPSA) is 387 Å². The van der Waals surface area contributed by atoms with Crippen molar-refractivity contribution in [2.24, 2.45) is 5.92 Å². The summed E-state index contributed by atoms with van der Waals surface area (Å²) in [5.74, 6) is -7.48. The number of hydrogen-bond acceptors (Lipinski definition) is 14. The molecule has 2 saturated heterocycles. The van der Waals surface area contributed by atoms with Crippen molar-refractivity contribution in [2.75, 3.05) is 19.7 Å². The number of carbonyl (C=O) groups excluding carboxylic acids is 10. The van der Waals surface area contributed by atoms with Crippen LogP contribution in [-0.4, -0.2) is 168 Å². The van der Waals surface area contributed by atoms with E-state index in [2.05, 4.69) is 62.8 Å². The summed E-state index contributed by atoms with van der Waals surface area (Å²) in [5, 5.41) is 58.3. The molecule has 0 aliphatic carbocycles. The van der Waals surface area contributed by atoms with Crippen LogP contribution < -0.4 is 47.9 Å². The van der Waals surface area contributed by atoms with E-state index in [1.807, 2.05) is 56.3 Å². The minimum absolute atomic E-state index is 0.0169.